The highest BCUT2D eigenvalue weighted by Crippen LogP contribution is 2.39. The van der Waals surface area contributed by atoms with Gasteiger partial charge in [-0.15, -0.1) is 0 Å². The number of hydrogen-bond donors (Lipinski definition) is 0. The third-order valence-electron chi connectivity index (χ3n) is 2.38. The van der Waals surface area contributed by atoms with Crippen LogP contribution in [0.15, 0.2) is 33.1 Å². The minimum Gasteiger partial charge on any atom is -0.412 e. The first-order valence-corrected chi connectivity index (χ1v) is 5.64. The summed E-state index contributed by atoms with van der Waals surface area (Å²) in [6, 6.07) is 7.50. The maximum absolute atomic E-state index is 6.20. The van der Waals surface area contributed by atoms with Crippen molar-refractivity contribution < 1.29 is 8.83 Å². The van der Waals surface area contributed by atoms with E-state index in [-0.39, 0.29) is 4.90 Å². The van der Waals surface area contributed by atoms with Crippen molar-refractivity contribution in [1.29, 1.82) is 0 Å². The first-order chi connectivity index (χ1) is 7.68. The van der Waals surface area contributed by atoms with Gasteiger partial charge in [0.25, 0.3) is 0 Å². The van der Waals surface area contributed by atoms with E-state index in [2.05, 4.69) is 0 Å². The largest absolute Gasteiger partial charge is 0.412 e. The molecule has 2 aromatic carbocycles. The molecule has 3 rings (SSSR count). The molecule has 1 aromatic heterocycles. The Hall–Kier alpha value is -1.03. The lowest BCUT2D eigenvalue weighted by atomic mass is 10.1. The Kier molecular flexibility index (Phi) is 2.21. The standard InChI is InChI=1S/C11H4Cl2O2S/c12-7-5-3-1-2-4-6(5)8(13)10-9(7)14-11(16)15-10/h1-4H. The Morgan fingerprint density at radius 2 is 1.31 bits per heavy atom. The van der Waals surface area contributed by atoms with Gasteiger partial charge in [0.05, 0.1) is 10.0 Å². The number of fused-ring (bicyclic) bond motifs is 2. The van der Waals surface area contributed by atoms with Crippen molar-refractivity contribution in [3.05, 3.63) is 39.2 Å². The third kappa shape index (κ3) is 1.29. The molecule has 0 saturated heterocycles. The highest BCUT2D eigenvalue weighted by atomic mass is 35.5. The van der Waals surface area contributed by atoms with Crippen molar-refractivity contribution in [2.75, 3.05) is 0 Å². The first kappa shape index (κ1) is 10.1. The van der Waals surface area contributed by atoms with Crippen LogP contribution in [0.1, 0.15) is 0 Å². The van der Waals surface area contributed by atoms with Gasteiger partial charge in [0.1, 0.15) is 0 Å². The fraction of sp³-hybridized carbons (Fsp3) is 0. The van der Waals surface area contributed by atoms with E-state index in [4.69, 9.17) is 44.3 Å². The van der Waals surface area contributed by atoms with Gasteiger partial charge < -0.3 is 8.83 Å². The van der Waals surface area contributed by atoms with Gasteiger partial charge >= 0.3 is 4.90 Å². The van der Waals surface area contributed by atoms with Crippen LogP contribution in [-0.2, 0) is 0 Å². The van der Waals surface area contributed by atoms with Crippen molar-refractivity contribution >= 4 is 57.4 Å². The van der Waals surface area contributed by atoms with E-state index in [0.717, 1.165) is 10.8 Å². The zero-order valence-electron chi connectivity index (χ0n) is 7.79. The predicted octanol–water partition coefficient (Wildman–Crippen LogP) is 5.22. The molecule has 80 valence electrons. The molecule has 0 fully saturated rings. The molecule has 0 radical (unpaired) electrons. The molecular formula is C11H4Cl2O2S. The second-order valence-electron chi connectivity index (χ2n) is 3.29. The van der Waals surface area contributed by atoms with Gasteiger partial charge in [-0.05, 0) is 0 Å². The minimum absolute atomic E-state index is 0.0223. The fourth-order valence-electron chi connectivity index (χ4n) is 1.68. The lowest BCUT2D eigenvalue weighted by molar-refractivity contribution is 0.444. The smallest absolute Gasteiger partial charge is 0.363 e. The number of halogens is 2. The SMILES string of the molecule is S=c1oc2c(Cl)c3ccccc3c(Cl)c2o1. The normalized spacial score (nSPS) is 11.4. The van der Waals surface area contributed by atoms with Crippen LogP contribution in [0.2, 0.25) is 10.0 Å². The van der Waals surface area contributed by atoms with E-state index in [1.165, 1.54) is 0 Å². The lowest BCUT2D eigenvalue weighted by Crippen LogP contribution is -1.77. The summed E-state index contributed by atoms with van der Waals surface area (Å²) in [6.45, 7) is 0. The van der Waals surface area contributed by atoms with E-state index in [1.54, 1.807) is 0 Å². The van der Waals surface area contributed by atoms with Crippen LogP contribution >= 0.6 is 35.4 Å². The Morgan fingerprint density at radius 1 is 0.875 bits per heavy atom. The van der Waals surface area contributed by atoms with Gasteiger partial charge in [-0.2, -0.15) is 0 Å². The molecule has 0 N–H and O–H groups in total. The summed E-state index contributed by atoms with van der Waals surface area (Å²) in [4.78, 5) is 0.0223. The van der Waals surface area contributed by atoms with Gasteiger partial charge in [-0.25, -0.2) is 0 Å². The quantitative estimate of drug-likeness (QED) is 0.524. The van der Waals surface area contributed by atoms with Gasteiger partial charge in [0.2, 0.25) is 0 Å². The molecule has 2 nitrogen and oxygen atoms in total. The second-order valence-corrected chi connectivity index (χ2v) is 4.38. The van der Waals surface area contributed by atoms with Crippen LogP contribution in [0, 0.1) is 4.90 Å². The van der Waals surface area contributed by atoms with Gasteiger partial charge in [-0.3, -0.25) is 0 Å². The molecule has 0 aliphatic carbocycles. The summed E-state index contributed by atoms with van der Waals surface area (Å²) in [5.41, 5.74) is 0.797. The van der Waals surface area contributed by atoms with Crippen LogP contribution in [-0.4, -0.2) is 0 Å². The van der Waals surface area contributed by atoms with E-state index in [9.17, 15) is 0 Å². The average molecular weight is 271 g/mol. The van der Waals surface area contributed by atoms with Gasteiger partial charge in [0, 0.05) is 23.0 Å². The van der Waals surface area contributed by atoms with Gasteiger partial charge in [0.15, 0.2) is 11.2 Å². The fourth-order valence-corrected chi connectivity index (χ4v) is 2.42. The van der Waals surface area contributed by atoms with Gasteiger partial charge in [-0.1, -0.05) is 47.5 Å². The molecule has 16 heavy (non-hydrogen) atoms. The molecule has 0 bridgehead atoms. The van der Waals surface area contributed by atoms with E-state index in [0.29, 0.717) is 21.2 Å². The summed E-state index contributed by atoms with van der Waals surface area (Å²) < 4.78 is 10.4. The molecule has 0 aliphatic heterocycles. The lowest BCUT2D eigenvalue weighted by Gasteiger charge is -2.02. The first-order valence-electron chi connectivity index (χ1n) is 4.48. The van der Waals surface area contributed by atoms with Crippen molar-refractivity contribution in [1.82, 2.24) is 0 Å². The average Bonchev–Trinajstić information content (AvgIpc) is 2.68. The summed E-state index contributed by atoms with van der Waals surface area (Å²) >= 11 is 17.2. The predicted molar refractivity (Wildman–Crippen MR) is 66.8 cm³/mol. The molecule has 0 unspecified atom stereocenters. The van der Waals surface area contributed by atoms with Crippen LogP contribution in [0.4, 0.5) is 0 Å². The summed E-state index contributed by atoms with van der Waals surface area (Å²) in [5.74, 6) is 0. The topological polar surface area (TPSA) is 26.3 Å². The van der Waals surface area contributed by atoms with Crippen LogP contribution in [0.3, 0.4) is 0 Å². The van der Waals surface area contributed by atoms with Crippen molar-refractivity contribution in [2.24, 2.45) is 0 Å². The monoisotopic (exact) mass is 270 g/mol. The van der Waals surface area contributed by atoms with E-state index in [1.807, 2.05) is 24.3 Å². The van der Waals surface area contributed by atoms with E-state index >= 15 is 0 Å². The molecule has 5 heteroatoms. The Labute approximate surface area is 105 Å². The summed E-state index contributed by atoms with van der Waals surface area (Å²) in [5, 5.41) is 2.58. The molecule has 0 atom stereocenters. The number of rotatable bonds is 0. The number of hydrogen-bond acceptors (Lipinski definition) is 3. The molecular weight excluding hydrogens is 267 g/mol. The van der Waals surface area contributed by atoms with Crippen LogP contribution in [0.25, 0.3) is 21.9 Å². The maximum atomic E-state index is 6.20. The highest BCUT2D eigenvalue weighted by Gasteiger charge is 2.16. The Bertz CT molecular complexity index is 696. The Balaban J connectivity index is 2.71. The maximum Gasteiger partial charge on any atom is 0.363 e. The summed E-state index contributed by atoms with van der Waals surface area (Å²) in [6.07, 6.45) is 0. The Morgan fingerprint density at radius 3 is 1.75 bits per heavy atom. The van der Waals surface area contributed by atoms with Crippen molar-refractivity contribution in [3.63, 3.8) is 0 Å². The molecule has 0 amide bonds. The number of benzene rings is 2. The van der Waals surface area contributed by atoms with Crippen LogP contribution in [0.5, 0.6) is 0 Å². The highest BCUT2D eigenvalue weighted by molar-refractivity contribution is 7.71. The molecule has 0 aliphatic rings. The molecule has 3 aromatic rings. The molecule has 1 heterocycles. The zero-order valence-corrected chi connectivity index (χ0v) is 10.1. The minimum atomic E-state index is 0.0223. The van der Waals surface area contributed by atoms with Crippen LogP contribution < -0.4 is 0 Å². The van der Waals surface area contributed by atoms with Crippen molar-refractivity contribution in [3.8, 4) is 0 Å². The molecule has 0 spiro atoms. The van der Waals surface area contributed by atoms with E-state index < -0.39 is 0 Å². The summed E-state index contributed by atoms with van der Waals surface area (Å²) in [7, 11) is 0. The zero-order chi connectivity index (χ0) is 11.3. The third-order valence-corrected chi connectivity index (χ3v) is 3.29. The molecule has 0 saturated carbocycles. The van der Waals surface area contributed by atoms with Crippen molar-refractivity contribution in [2.45, 2.75) is 0 Å². The second kappa shape index (κ2) is 3.48.